The van der Waals surface area contributed by atoms with Crippen LogP contribution in [0.15, 0.2) is 11.6 Å². The van der Waals surface area contributed by atoms with Crippen LogP contribution >= 0.6 is 0 Å². The molecule has 15 heavy (non-hydrogen) atoms. The Morgan fingerprint density at radius 3 is 2.33 bits per heavy atom. The molecule has 0 bridgehead atoms. The quantitative estimate of drug-likeness (QED) is 0.541. The lowest BCUT2D eigenvalue weighted by Gasteiger charge is -2.19. The third-order valence-electron chi connectivity index (χ3n) is 2.17. The van der Waals surface area contributed by atoms with Crippen LogP contribution in [-0.4, -0.2) is 26.8 Å². The van der Waals surface area contributed by atoms with Crippen LogP contribution in [0.25, 0.3) is 0 Å². The molecule has 2 nitrogen and oxygen atoms in total. The summed E-state index contributed by atoms with van der Waals surface area (Å²) in [5.41, 5.74) is 1.75. The Morgan fingerprint density at radius 2 is 1.93 bits per heavy atom. The average molecular weight is 213 g/mol. The molecule has 0 heterocycles. The second kappa shape index (κ2) is 7.02. The minimum Gasteiger partial charge on any atom is -0.383 e. The number of allylic oxidation sites excluding steroid dienone is 1. The molecule has 0 saturated carbocycles. The van der Waals surface area contributed by atoms with Crippen molar-refractivity contribution in [2.75, 3.05) is 26.8 Å². The number of nitrogens with one attached hydrogen (secondary N) is 1. The number of ether oxygens (including phenoxy) is 1. The monoisotopic (exact) mass is 213 g/mol. The van der Waals surface area contributed by atoms with Crippen molar-refractivity contribution in [1.82, 2.24) is 5.32 Å². The zero-order valence-corrected chi connectivity index (χ0v) is 11.2. The summed E-state index contributed by atoms with van der Waals surface area (Å²) < 4.78 is 5.00. The van der Waals surface area contributed by atoms with Crippen molar-refractivity contribution in [3.8, 4) is 0 Å². The molecule has 0 aliphatic rings. The Kier molecular flexibility index (Phi) is 6.86. The van der Waals surface area contributed by atoms with E-state index in [0.717, 1.165) is 19.7 Å². The van der Waals surface area contributed by atoms with Crippen molar-refractivity contribution >= 4 is 0 Å². The van der Waals surface area contributed by atoms with Crippen molar-refractivity contribution in [3.63, 3.8) is 0 Å². The van der Waals surface area contributed by atoms with Crippen LogP contribution in [0.1, 0.15) is 34.6 Å². The second-order valence-electron chi connectivity index (χ2n) is 5.41. The highest BCUT2D eigenvalue weighted by Crippen LogP contribution is 2.21. The second-order valence-corrected chi connectivity index (χ2v) is 5.41. The largest absolute Gasteiger partial charge is 0.383 e. The van der Waals surface area contributed by atoms with Crippen molar-refractivity contribution in [3.05, 3.63) is 11.6 Å². The minimum absolute atomic E-state index is 0.266. The zero-order valence-electron chi connectivity index (χ0n) is 11.2. The Bertz CT molecular complexity index is 189. The van der Waals surface area contributed by atoms with Crippen molar-refractivity contribution < 1.29 is 4.74 Å². The Morgan fingerprint density at radius 1 is 1.33 bits per heavy atom. The molecular formula is C13H27NO. The fourth-order valence-electron chi connectivity index (χ4n) is 1.38. The topological polar surface area (TPSA) is 21.3 Å². The van der Waals surface area contributed by atoms with E-state index in [1.165, 1.54) is 5.57 Å². The lowest BCUT2D eigenvalue weighted by molar-refractivity contribution is 0.200. The normalized spacial score (nSPS) is 13.7. The molecule has 0 aromatic rings. The highest BCUT2D eigenvalue weighted by molar-refractivity contribution is 5.10. The summed E-state index contributed by atoms with van der Waals surface area (Å²) in [6.07, 6.45) is 2.37. The summed E-state index contributed by atoms with van der Waals surface area (Å²) in [4.78, 5) is 0. The lowest BCUT2D eigenvalue weighted by atomic mass is 9.89. The van der Waals surface area contributed by atoms with E-state index < -0.39 is 0 Å². The predicted octanol–water partition coefficient (Wildman–Crippen LogP) is 2.85. The molecule has 0 aliphatic heterocycles. The first-order valence-electron chi connectivity index (χ1n) is 5.78. The van der Waals surface area contributed by atoms with Crippen LogP contribution in [0.3, 0.4) is 0 Å². The van der Waals surface area contributed by atoms with Gasteiger partial charge in [-0.1, -0.05) is 46.3 Å². The summed E-state index contributed by atoms with van der Waals surface area (Å²) in [5, 5.41) is 3.40. The first-order chi connectivity index (χ1) is 6.87. The van der Waals surface area contributed by atoms with Gasteiger partial charge in [-0.25, -0.2) is 0 Å². The van der Waals surface area contributed by atoms with Crippen LogP contribution in [0.2, 0.25) is 0 Å². The fraction of sp³-hybridized carbons (Fsp3) is 0.846. The molecule has 0 rings (SSSR count). The highest BCUT2D eigenvalue weighted by Gasteiger charge is 2.10. The summed E-state index contributed by atoms with van der Waals surface area (Å²) in [6.45, 7) is 13.9. The third-order valence-corrected chi connectivity index (χ3v) is 2.17. The van der Waals surface area contributed by atoms with Gasteiger partial charge in [0, 0.05) is 20.2 Å². The maximum atomic E-state index is 5.00. The van der Waals surface area contributed by atoms with Gasteiger partial charge in [0.15, 0.2) is 0 Å². The highest BCUT2D eigenvalue weighted by atomic mass is 16.5. The standard InChI is InChI=1S/C13H27NO/c1-11(2)12(9-13(3,4)5)10-14-7-8-15-6/h9,11,14H,7-8,10H2,1-6H3. The molecule has 2 heteroatoms. The Labute approximate surface area is 95.1 Å². The van der Waals surface area contributed by atoms with Gasteiger partial charge < -0.3 is 10.1 Å². The van der Waals surface area contributed by atoms with Gasteiger partial charge >= 0.3 is 0 Å². The molecule has 1 N–H and O–H groups in total. The maximum Gasteiger partial charge on any atom is 0.0587 e. The van der Waals surface area contributed by atoms with Gasteiger partial charge in [-0.15, -0.1) is 0 Å². The Hall–Kier alpha value is -0.340. The molecule has 90 valence electrons. The van der Waals surface area contributed by atoms with Gasteiger partial charge in [-0.05, 0) is 11.3 Å². The van der Waals surface area contributed by atoms with E-state index >= 15 is 0 Å². The van der Waals surface area contributed by atoms with Crippen LogP contribution < -0.4 is 5.32 Å². The number of methoxy groups -OCH3 is 1. The number of rotatable bonds is 6. The molecule has 0 atom stereocenters. The van der Waals surface area contributed by atoms with Gasteiger partial charge in [0.25, 0.3) is 0 Å². The summed E-state index contributed by atoms with van der Waals surface area (Å²) >= 11 is 0. The molecular weight excluding hydrogens is 186 g/mol. The van der Waals surface area contributed by atoms with E-state index in [4.69, 9.17) is 4.74 Å². The molecule has 0 aromatic carbocycles. The summed E-state index contributed by atoms with van der Waals surface area (Å²) in [5.74, 6) is 0.610. The molecule has 0 amide bonds. The summed E-state index contributed by atoms with van der Waals surface area (Å²) in [6, 6.07) is 0. The van der Waals surface area contributed by atoms with Gasteiger partial charge in [-0.2, -0.15) is 0 Å². The SMILES string of the molecule is COCCNCC(=CC(C)(C)C)C(C)C. The van der Waals surface area contributed by atoms with Crippen LogP contribution in [0.5, 0.6) is 0 Å². The van der Waals surface area contributed by atoms with E-state index in [1.54, 1.807) is 7.11 Å². The minimum atomic E-state index is 0.266. The van der Waals surface area contributed by atoms with E-state index in [0.29, 0.717) is 5.92 Å². The van der Waals surface area contributed by atoms with Gasteiger partial charge in [0.05, 0.1) is 6.61 Å². The fourth-order valence-corrected chi connectivity index (χ4v) is 1.38. The van der Waals surface area contributed by atoms with Gasteiger partial charge in [0.2, 0.25) is 0 Å². The molecule has 0 aromatic heterocycles. The zero-order chi connectivity index (χ0) is 11.9. The molecule has 0 spiro atoms. The van der Waals surface area contributed by atoms with E-state index in [9.17, 15) is 0 Å². The van der Waals surface area contributed by atoms with E-state index in [2.05, 4.69) is 46.0 Å². The van der Waals surface area contributed by atoms with Crippen LogP contribution in [-0.2, 0) is 4.74 Å². The average Bonchev–Trinajstić information content (AvgIpc) is 2.08. The first-order valence-corrected chi connectivity index (χ1v) is 5.78. The molecule has 0 aliphatic carbocycles. The molecule has 0 saturated heterocycles. The van der Waals surface area contributed by atoms with Crippen molar-refractivity contribution in [2.24, 2.45) is 11.3 Å². The lowest BCUT2D eigenvalue weighted by Crippen LogP contribution is -2.24. The maximum absolute atomic E-state index is 5.00. The molecule has 0 unspecified atom stereocenters. The van der Waals surface area contributed by atoms with Crippen LogP contribution in [0, 0.1) is 11.3 Å². The van der Waals surface area contributed by atoms with Crippen molar-refractivity contribution in [1.29, 1.82) is 0 Å². The number of hydrogen-bond acceptors (Lipinski definition) is 2. The molecule has 0 radical (unpaired) electrons. The smallest absolute Gasteiger partial charge is 0.0587 e. The molecule has 0 fully saturated rings. The van der Waals surface area contributed by atoms with E-state index in [1.807, 2.05) is 0 Å². The number of hydrogen-bond donors (Lipinski definition) is 1. The third kappa shape index (κ3) is 8.64. The van der Waals surface area contributed by atoms with E-state index in [-0.39, 0.29) is 5.41 Å². The summed E-state index contributed by atoms with van der Waals surface area (Å²) in [7, 11) is 1.73. The Balaban J connectivity index is 4.12. The van der Waals surface area contributed by atoms with Crippen LogP contribution in [0.4, 0.5) is 0 Å². The van der Waals surface area contributed by atoms with Crippen molar-refractivity contribution in [2.45, 2.75) is 34.6 Å². The first kappa shape index (κ1) is 14.7. The van der Waals surface area contributed by atoms with Gasteiger partial charge in [0.1, 0.15) is 0 Å². The predicted molar refractivity (Wildman–Crippen MR) is 67.1 cm³/mol. The van der Waals surface area contributed by atoms with Gasteiger partial charge in [-0.3, -0.25) is 0 Å².